The number of nitrogens with zero attached hydrogens (tertiary/aromatic N) is 4. The summed E-state index contributed by atoms with van der Waals surface area (Å²) < 4.78 is 25.6. The van der Waals surface area contributed by atoms with Crippen molar-refractivity contribution >= 4 is 21.8 Å². The van der Waals surface area contributed by atoms with Crippen molar-refractivity contribution in [3.8, 4) is 23.6 Å². The Morgan fingerprint density at radius 2 is 2.06 bits per heavy atom. The van der Waals surface area contributed by atoms with Gasteiger partial charge in [0.25, 0.3) is 0 Å². The van der Waals surface area contributed by atoms with E-state index < -0.39 is 15.9 Å². The second-order valence-electron chi connectivity index (χ2n) is 7.92. The largest absolute Gasteiger partial charge is 0.324 e. The van der Waals surface area contributed by atoms with E-state index in [1.54, 1.807) is 18.5 Å². The topological polar surface area (TPSA) is 85.2 Å². The minimum Gasteiger partial charge on any atom is -0.324 e. The smallest absolute Gasteiger partial charge is 0.247 e. The fourth-order valence-corrected chi connectivity index (χ4v) is 5.63. The van der Waals surface area contributed by atoms with Crippen LogP contribution in [0.2, 0.25) is 0 Å². The molecule has 0 saturated carbocycles. The molecule has 0 radical (unpaired) electrons. The van der Waals surface area contributed by atoms with Gasteiger partial charge in [0.05, 0.1) is 24.6 Å². The van der Waals surface area contributed by atoms with Gasteiger partial charge in [-0.05, 0) is 30.2 Å². The molecule has 0 bridgehead atoms. The third-order valence-electron chi connectivity index (χ3n) is 5.51. The molecule has 0 spiro atoms. The van der Waals surface area contributed by atoms with Crippen molar-refractivity contribution in [3.63, 3.8) is 0 Å². The number of hydrogen-bond donors (Lipinski definition) is 0. The van der Waals surface area contributed by atoms with Gasteiger partial charge < -0.3 is 4.90 Å². The quantitative estimate of drug-likeness (QED) is 0.400. The molecule has 1 atom stereocenters. The molecule has 0 N–H and O–H groups in total. The van der Waals surface area contributed by atoms with E-state index >= 15 is 0 Å². The third kappa shape index (κ3) is 5.57. The highest BCUT2D eigenvalue weighted by Gasteiger charge is 2.33. The average molecular weight is 461 g/mol. The molecule has 4 rings (SSSR count). The number of benzene rings is 1. The zero-order valence-corrected chi connectivity index (χ0v) is 18.9. The summed E-state index contributed by atoms with van der Waals surface area (Å²) >= 11 is 0. The van der Waals surface area contributed by atoms with Crippen molar-refractivity contribution in [1.82, 2.24) is 19.7 Å². The van der Waals surface area contributed by atoms with Crippen LogP contribution in [0.15, 0.2) is 67.1 Å². The van der Waals surface area contributed by atoms with Crippen LogP contribution in [0.3, 0.4) is 0 Å². The Bertz CT molecular complexity index is 1290. The number of carbonyl (C=O) groups excluding carboxylic acids is 1. The normalized spacial score (nSPS) is 17.1. The Hall–Kier alpha value is -3.70. The first-order valence-electron chi connectivity index (χ1n) is 10.6. The molecule has 1 saturated heterocycles. The highest BCUT2D eigenvalue weighted by atomic mass is 32.2. The second kappa shape index (κ2) is 9.84. The Balaban J connectivity index is 1.61. The molecular formula is C25H24N4O3S. The van der Waals surface area contributed by atoms with E-state index in [1.807, 2.05) is 53.3 Å². The molecule has 168 valence electrons. The molecule has 7 nitrogen and oxygen atoms in total. The minimum atomic E-state index is -3.14. The zero-order valence-electron chi connectivity index (χ0n) is 18.0. The van der Waals surface area contributed by atoms with Crippen LogP contribution in [0.4, 0.5) is 0 Å². The van der Waals surface area contributed by atoms with Gasteiger partial charge in [0, 0.05) is 41.8 Å². The minimum absolute atomic E-state index is 0.0514. The van der Waals surface area contributed by atoms with Gasteiger partial charge in [0.1, 0.15) is 5.69 Å². The summed E-state index contributed by atoms with van der Waals surface area (Å²) in [6, 6.07) is 13.3. The van der Waals surface area contributed by atoms with Crippen molar-refractivity contribution in [1.29, 1.82) is 0 Å². The molecule has 33 heavy (non-hydrogen) atoms. The van der Waals surface area contributed by atoms with Crippen LogP contribution in [0, 0.1) is 12.3 Å². The maximum atomic E-state index is 13.0. The van der Waals surface area contributed by atoms with Crippen LogP contribution < -0.4 is 0 Å². The van der Waals surface area contributed by atoms with Gasteiger partial charge in [0.15, 0.2) is 9.84 Å². The van der Waals surface area contributed by atoms with Crippen LogP contribution in [0.25, 0.3) is 17.3 Å². The molecule has 1 unspecified atom stereocenters. The molecule has 1 fully saturated rings. The number of rotatable bonds is 7. The monoisotopic (exact) mass is 460 g/mol. The highest BCUT2D eigenvalue weighted by molar-refractivity contribution is 7.91. The SMILES string of the molecule is C#CCN(C(=O)C=Cc1cn(Cc2ccccc2)nc1-c1cccnc1)C1CCS(=O)(=O)C1. The summed E-state index contributed by atoms with van der Waals surface area (Å²) in [6.45, 7) is 0.644. The Kier molecular flexibility index (Phi) is 6.71. The summed E-state index contributed by atoms with van der Waals surface area (Å²) in [7, 11) is -3.14. The first kappa shape index (κ1) is 22.5. The van der Waals surface area contributed by atoms with Crippen LogP contribution in [-0.2, 0) is 21.2 Å². The lowest BCUT2D eigenvalue weighted by Crippen LogP contribution is -2.40. The van der Waals surface area contributed by atoms with Gasteiger partial charge in [-0.25, -0.2) is 8.42 Å². The fraction of sp³-hybridized carbons (Fsp3) is 0.240. The Morgan fingerprint density at radius 3 is 2.73 bits per heavy atom. The second-order valence-corrected chi connectivity index (χ2v) is 10.1. The lowest BCUT2D eigenvalue weighted by Gasteiger charge is -2.24. The van der Waals surface area contributed by atoms with Gasteiger partial charge in [-0.15, -0.1) is 6.42 Å². The van der Waals surface area contributed by atoms with Crippen molar-refractivity contribution < 1.29 is 13.2 Å². The van der Waals surface area contributed by atoms with E-state index in [0.29, 0.717) is 18.7 Å². The molecule has 8 heteroatoms. The van der Waals surface area contributed by atoms with Crippen molar-refractivity contribution in [2.75, 3.05) is 18.1 Å². The Labute approximate surface area is 193 Å². The van der Waals surface area contributed by atoms with Gasteiger partial charge in [-0.1, -0.05) is 36.3 Å². The summed E-state index contributed by atoms with van der Waals surface area (Å²) in [6.07, 6.45) is 14.3. The summed E-state index contributed by atoms with van der Waals surface area (Å²) in [4.78, 5) is 18.6. The molecule has 1 amide bonds. The average Bonchev–Trinajstić information content (AvgIpc) is 3.39. The van der Waals surface area contributed by atoms with E-state index in [0.717, 1.165) is 16.7 Å². The number of pyridine rings is 1. The van der Waals surface area contributed by atoms with Gasteiger partial charge in [0.2, 0.25) is 5.91 Å². The summed E-state index contributed by atoms with van der Waals surface area (Å²) in [5.74, 6) is 2.18. The fourth-order valence-electron chi connectivity index (χ4n) is 3.90. The first-order valence-corrected chi connectivity index (χ1v) is 12.4. The maximum absolute atomic E-state index is 13.0. The molecule has 1 aromatic carbocycles. The molecule has 1 aliphatic heterocycles. The molecule has 0 aliphatic carbocycles. The van der Waals surface area contributed by atoms with Gasteiger partial charge >= 0.3 is 0 Å². The van der Waals surface area contributed by atoms with Crippen molar-refractivity contribution in [2.45, 2.75) is 19.0 Å². The molecule has 2 aromatic heterocycles. The standard InChI is InChI=1S/C25H24N4O3S/c1-2-14-29(23-12-15-33(31,32)19-23)24(30)11-10-22-18-28(17-20-7-4-3-5-8-20)27-25(22)21-9-6-13-26-16-21/h1,3-11,13,16,18,23H,12,14-15,17,19H2. The Morgan fingerprint density at radius 1 is 1.24 bits per heavy atom. The van der Waals surface area contributed by atoms with Crippen LogP contribution in [0.5, 0.6) is 0 Å². The number of amides is 1. The van der Waals surface area contributed by atoms with Crippen LogP contribution in [-0.4, -0.2) is 58.1 Å². The summed E-state index contributed by atoms with van der Waals surface area (Å²) in [5.41, 5.74) is 3.40. The van der Waals surface area contributed by atoms with E-state index in [1.165, 1.54) is 11.0 Å². The number of sulfone groups is 1. The molecule has 1 aliphatic rings. The number of carbonyl (C=O) groups is 1. The third-order valence-corrected chi connectivity index (χ3v) is 7.26. The molecular weight excluding hydrogens is 436 g/mol. The predicted octanol–water partition coefficient (Wildman–Crippen LogP) is 2.66. The van der Waals surface area contributed by atoms with Gasteiger partial charge in [-0.3, -0.25) is 14.5 Å². The van der Waals surface area contributed by atoms with Gasteiger partial charge in [-0.2, -0.15) is 5.10 Å². The highest BCUT2D eigenvalue weighted by Crippen LogP contribution is 2.24. The predicted molar refractivity (Wildman–Crippen MR) is 128 cm³/mol. The molecule has 3 aromatic rings. The number of aromatic nitrogens is 3. The lowest BCUT2D eigenvalue weighted by molar-refractivity contribution is -0.127. The van der Waals surface area contributed by atoms with E-state index in [2.05, 4.69) is 10.9 Å². The van der Waals surface area contributed by atoms with Crippen LogP contribution >= 0.6 is 0 Å². The van der Waals surface area contributed by atoms with Crippen molar-refractivity contribution in [3.05, 3.63) is 78.3 Å². The van der Waals surface area contributed by atoms with E-state index in [4.69, 9.17) is 11.5 Å². The van der Waals surface area contributed by atoms with E-state index in [-0.39, 0.29) is 24.0 Å². The zero-order chi connectivity index (χ0) is 23.3. The number of terminal acetylenes is 1. The number of hydrogen-bond acceptors (Lipinski definition) is 5. The first-order chi connectivity index (χ1) is 15.9. The van der Waals surface area contributed by atoms with Crippen molar-refractivity contribution in [2.24, 2.45) is 0 Å². The summed E-state index contributed by atoms with van der Waals surface area (Å²) in [5, 5.41) is 4.72. The molecule has 3 heterocycles. The van der Waals surface area contributed by atoms with Crippen LogP contribution in [0.1, 0.15) is 17.5 Å². The van der Waals surface area contributed by atoms with E-state index in [9.17, 15) is 13.2 Å². The lowest BCUT2D eigenvalue weighted by atomic mass is 10.1. The maximum Gasteiger partial charge on any atom is 0.247 e.